The number of Topliss-reactive ketones (excluding diaryl/α,β-unsaturated/α-hetero) is 1. The third-order valence-corrected chi connectivity index (χ3v) is 2.72. The van der Waals surface area contributed by atoms with Crippen LogP contribution in [0, 0.1) is 0 Å². The number of alkyl halides is 1. The molecule has 0 fully saturated rings. The second-order valence-electron chi connectivity index (χ2n) is 2.82. The number of ketones is 1. The van der Waals surface area contributed by atoms with Gasteiger partial charge < -0.3 is 4.74 Å². The zero-order valence-electron chi connectivity index (χ0n) is 7.72. The van der Waals surface area contributed by atoms with Crippen molar-refractivity contribution >= 4 is 33.3 Å². The van der Waals surface area contributed by atoms with Crippen LogP contribution in [0.3, 0.4) is 0 Å². The summed E-state index contributed by atoms with van der Waals surface area (Å²) < 4.78 is 5.99. The van der Waals surface area contributed by atoms with E-state index in [1.165, 1.54) is 0 Å². The number of carbonyl (C=O) groups is 1. The largest absolute Gasteiger partial charge is 0.496 e. The molecular formula is C10H10BrClO2. The first kappa shape index (κ1) is 11.5. The number of benzene rings is 1. The van der Waals surface area contributed by atoms with Gasteiger partial charge in [-0.05, 0) is 33.6 Å². The molecule has 0 saturated carbocycles. The van der Waals surface area contributed by atoms with E-state index in [9.17, 15) is 4.79 Å². The first-order valence-corrected chi connectivity index (χ1v) is 5.40. The van der Waals surface area contributed by atoms with E-state index < -0.39 is 0 Å². The van der Waals surface area contributed by atoms with Gasteiger partial charge in [0.2, 0.25) is 0 Å². The minimum atomic E-state index is 0.0102. The van der Waals surface area contributed by atoms with Crippen molar-refractivity contribution < 1.29 is 9.53 Å². The maximum atomic E-state index is 11.1. The van der Waals surface area contributed by atoms with Gasteiger partial charge in [0, 0.05) is 6.42 Å². The number of carbonyl (C=O) groups excluding carboxylic acids is 1. The molecule has 0 spiro atoms. The Labute approximate surface area is 96.3 Å². The smallest absolute Gasteiger partial charge is 0.151 e. The van der Waals surface area contributed by atoms with Crippen LogP contribution < -0.4 is 4.74 Å². The highest BCUT2D eigenvalue weighted by Crippen LogP contribution is 2.25. The first-order chi connectivity index (χ1) is 6.67. The van der Waals surface area contributed by atoms with Crippen molar-refractivity contribution in [1.82, 2.24) is 0 Å². The number of hydrogen-bond donors (Lipinski definition) is 0. The maximum Gasteiger partial charge on any atom is 0.151 e. The Morgan fingerprint density at radius 1 is 1.57 bits per heavy atom. The van der Waals surface area contributed by atoms with Crippen LogP contribution in [0.5, 0.6) is 5.75 Å². The Morgan fingerprint density at radius 3 is 2.86 bits per heavy atom. The molecule has 0 aromatic heterocycles. The van der Waals surface area contributed by atoms with E-state index in [0.29, 0.717) is 6.42 Å². The first-order valence-electron chi connectivity index (χ1n) is 4.07. The molecule has 0 unspecified atom stereocenters. The third-order valence-electron chi connectivity index (χ3n) is 1.77. The Kier molecular flexibility index (Phi) is 4.42. The van der Waals surface area contributed by atoms with Crippen molar-refractivity contribution in [2.45, 2.75) is 6.42 Å². The minimum Gasteiger partial charge on any atom is -0.496 e. The highest BCUT2D eigenvalue weighted by atomic mass is 79.9. The lowest BCUT2D eigenvalue weighted by molar-refractivity contribution is -0.116. The van der Waals surface area contributed by atoms with Crippen molar-refractivity contribution in [1.29, 1.82) is 0 Å². The van der Waals surface area contributed by atoms with Gasteiger partial charge in [-0.3, -0.25) is 4.79 Å². The molecule has 1 rings (SSSR count). The van der Waals surface area contributed by atoms with Crippen molar-refractivity contribution in [2.75, 3.05) is 13.0 Å². The summed E-state index contributed by atoms with van der Waals surface area (Å²) in [5.74, 6) is 0.791. The van der Waals surface area contributed by atoms with Crippen molar-refractivity contribution in [3.05, 3.63) is 28.2 Å². The lowest BCUT2D eigenvalue weighted by Gasteiger charge is -2.05. The van der Waals surface area contributed by atoms with Gasteiger partial charge in [-0.1, -0.05) is 6.07 Å². The summed E-state index contributed by atoms with van der Waals surface area (Å²) in [6.45, 7) is 0. The van der Waals surface area contributed by atoms with E-state index in [0.717, 1.165) is 15.8 Å². The molecule has 0 N–H and O–H groups in total. The molecule has 0 saturated heterocycles. The van der Waals surface area contributed by atoms with Crippen LogP contribution in [0.4, 0.5) is 0 Å². The predicted octanol–water partition coefficient (Wildman–Crippen LogP) is 2.81. The third kappa shape index (κ3) is 3.00. The van der Waals surface area contributed by atoms with Crippen LogP contribution in [0.1, 0.15) is 5.56 Å². The lowest BCUT2D eigenvalue weighted by Crippen LogP contribution is -2.03. The quantitative estimate of drug-likeness (QED) is 0.791. The topological polar surface area (TPSA) is 26.3 Å². The average molecular weight is 278 g/mol. The zero-order chi connectivity index (χ0) is 10.6. The van der Waals surface area contributed by atoms with Crippen LogP contribution in [0.15, 0.2) is 22.7 Å². The van der Waals surface area contributed by atoms with Crippen molar-refractivity contribution in [3.8, 4) is 5.75 Å². The van der Waals surface area contributed by atoms with E-state index in [-0.39, 0.29) is 11.7 Å². The van der Waals surface area contributed by atoms with Crippen LogP contribution in [-0.2, 0) is 11.2 Å². The summed E-state index contributed by atoms with van der Waals surface area (Å²) in [5.41, 5.74) is 0.913. The molecule has 2 nitrogen and oxygen atoms in total. The second-order valence-corrected chi connectivity index (χ2v) is 3.94. The average Bonchev–Trinajstić information content (AvgIpc) is 2.20. The van der Waals surface area contributed by atoms with Gasteiger partial charge in [-0.15, -0.1) is 11.6 Å². The molecule has 0 bridgehead atoms. The summed E-state index contributed by atoms with van der Waals surface area (Å²) in [6, 6.07) is 5.56. The standard InChI is InChI=1S/C10H10BrClO2/c1-14-10-5-7(2-3-9(10)11)4-8(13)6-12/h2-3,5H,4,6H2,1H3. The number of halogens is 2. The van der Waals surface area contributed by atoms with Crippen LogP contribution >= 0.6 is 27.5 Å². The molecule has 14 heavy (non-hydrogen) atoms. The van der Waals surface area contributed by atoms with E-state index >= 15 is 0 Å². The monoisotopic (exact) mass is 276 g/mol. The molecule has 0 radical (unpaired) electrons. The fourth-order valence-electron chi connectivity index (χ4n) is 1.09. The van der Waals surface area contributed by atoms with Gasteiger partial charge in [0.1, 0.15) is 5.75 Å². The number of rotatable bonds is 4. The molecule has 1 aromatic carbocycles. The maximum absolute atomic E-state index is 11.1. The summed E-state index contributed by atoms with van der Waals surface area (Å²) in [5, 5.41) is 0. The Morgan fingerprint density at radius 2 is 2.29 bits per heavy atom. The predicted molar refractivity (Wildman–Crippen MR) is 60.1 cm³/mol. The number of ether oxygens (including phenoxy) is 1. The number of hydrogen-bond acceptors (Lipinski definition) is 2. The van der Waals surface area contributed by atoms with Gasteiger partial charge in [0.15, 0.2) is 5.78 Å². The molecule has 0 atom stereocenters. The molecule has 1 aromatic rings. The summed E-state index contributed by atoms with van der Waals surface area (Å²) in [4.78, 5) is 11.1. The molecule has 0 aliphatic heterocycles. The van der Waals surface area contributed by atoms with E-state index in [1.54, 1.807) is 7.11 Å². The summed E-state index contributed by atoms with van der Waals surface area (Å²) in [6.07, 6.45) is 0.354. The van der Waals surface area contributed by atoms with Gasteiger partial charge in [0.05, 0.1) is 17.5 Å². The Bertz CT molecular complexity index is 339. The molecule has 4 heteroatoms. The highest BCUT2D eigenvalue weighted by molar-refractivity contribution is 9.10. The minimum absolute atomic E-state index is 0.0102. The summed E-state index contributed by atoms with van der Waals surface area (Å²) in [7, 11) is 1.59. The van der Waals surface area contributed by atoms with Crippen LogP contribution in [-0.4, -0.2) is 18.8 Å². The van der Waals surface area contributed by atoms with Gasteiger partial charge in [-0.25, -0.2) is 0 Å². The molecule has 0 aliphatic carbocycles. The van der Waals surface area contributed by atoms with Crippen LogP contribution in [0.25, 0.3) is 0 Å². The molecule has 0 heterocycles. The Balaban J connectivity index is 2.84. The van der Waals surface area contributed by atoms with Gasteiger partial charge in [-0.2, -0.15) is 0 Å². The fraction of sp³-hybridized carbons (Fsp3) is 0.300. The molecule has 0 aliphatic rings. The van der Waals surface area contributed by atoms with Crippen molar-refractivity contribution in [3.63, 3.8) is 0 Å². The van der Waals surface area contributed by atoms with E-state index in [4.69, 9.17) is 16.3 Å². The van der Waals surface area contributed by atoms with E-state index in [1.807, 2.05) is 18.2 Å². The normalized spacial score (nSPS) is 9.93. The highest BCUT2D eigenvalue weighted by Gasteiger charge is 2.05. The summed E-state index contributed by atoms with van der Waals surface area (Å²) >= 11 is 8.75. The number of methoxy groups -OCH3 is 1. The lowest BCUT2D eigenvalue weighted by atomic mass is 10.1. The molecular weight excluding hydrogens is 267 g/mol. The zero-order valence-corrected chi connectivity index (χ0v) is 10.1. The molecule has 76 valence electrons. The van der Waals surface area contributed by atoms with Crippen LogP contribution in [0.2, 0.25) is 0 Å². The van der Waals surface area contributed by atoms with Gasteiger partial charge in [0.25, 0.3) is 0 Å². The van der Waals surface area contributed by atoms with E-state index in [2.05, 4.69) is 15.9 Å². The van der Waals surface area contributed by atoms with Gasteiger partial charge >= 0.3 is 0 Å². The SMILES string of the molecule is COc1cc(CC(=O)CCl)ccc1Br. The second kappa shape index (κ2) is 5.37. The van der Waals surface area contributed by atoms with Crippen molar-refractivity contribution in [2.24, 2.45) is 0 Å². The molecule has 0 amide bonds. The fourth-order valence-corrected chi connectivity index (χ4v) is 1.59. The Hall–Kier alpha value is -0.540.